The lowest BCUT2D eigenvalue weighted by molar-refractivity contribution is 0.0916. The third-order valence-electron chi connectivity index (χ3n) is 6.51. The van der Waals surface area contributed by atoms with Crippen molar-refractivity contribution in [1.82, 2.24) is 4.90 Å². The predicted octanol–water partition coefficient (Wildman–Crippen LogP) is 4.63. The normalized spacial score (nSPS) is 15.1. The Balaban J connectivity index is 1.36. The van der Waals surface area contributed by atoms with Crippen molar-refractivity contribution < 1.29 is 22.7 Å². The number of piperidine rings is 1. The molecular weight excluding hydrogens is 462 g/mol. The number of hydrogen-bond acceptors (Lipinski definition) is 6. The van der Waals surface area contributed by atoms with Crippen LogP contribution >= 0.6 is 0 Å². The standard InChI is InChI=1S/C28H31NO5S/c1-33-20-21-6-8-22(9-7-21)23-10-12-26(13-11-23)35(31,32)27-14-16-29(17-15-27)19-28(30)24-4-3-5-25(18-24)34-2/h3-13,18,27H,14-17,19-20H2,1-2H3. The van der Waals surface area contributed by atoms with Gasteiger partial charge in [-0.1, -0.05) is 48.5 Å². The number of benzene rings is 3. The highest BCUT2D eigenvalue weighted by Crippen LogP contribution is 2.28. The van der Waals surface area contributed by atoms with Crippen LogP contribution in [0.1, 0.15) is 28.8 Å². The van der Waals surface area contributed by atoms with Crippen molar-refractivity contribution in [1.29, 1.82) is 0 Å². The largest absolute Gasteiger partial charge is 0.497 e. The van der Waals surface area contributed by atoms with Gasteiger partial charge in [0.15, 0.2) is 15.6 Å². The minimum Gasteiger partial charge on any atom is -0.497 e. The van der Waals surface area contributed by atoms with Crippen molar-refractivity contribution in [3.63, 3.8) is 0 Å². The number of carbonyl (C=O) groups excluding carboxylic acids is 1. The lowest BCUT2D eigenvalue weighted by atomic mass is 10.0. The molecule has 35 heavy (non-hydrogen) atoms. The fraction of sp³-hybridized carbons (Fsp3) is 0.321. The van der Waals surface area contributed by atoms with Gasteiger partial charge in [-0.05, 0) is 66.9 Å². The molecule has 0 atom stereocenters. The fourth-order valence-corrected chi connectivity index (χ4v) is 6.19. The monoisotopic (exact) mass is 493 g/mol. The van der Waals surface area contributed by atoms with Gasteiger partial charge < -0.3 is 9.47 Å². The van der Waals surface area contributed by atoms with E-state index in [0.717, 1.165) is 16.7 Å². The molecule has 0 radical (unpaired) electrons. The Kier molecular flexibility index (Phi) is 8.00. The van der Waals surface area contributed by atoms with Crippen LogP contribution in [0.4, 0.5) is 0 Å². The molecule has 0 aliphatic carbocycles. The quantitative estimate of drug-likeness (QED) is 0.405. The van der Waals surface area contributed by atoms with E-state index in [0.29, 0.717) is 48.7 Å². The van der Waals surface area contributed by atoms with Gasteiger partial charge >= 0.3 is 0 Å². The number of carbonyl (C=O) groups is 1. The number of hydrogen-bond donors (Lipinski definition) is 0. The highest BCUT2D eigenvalue weighted by molar-refractivity contribution is 7.92. The van der Waals surface area contributed by atoms with Gasteiger partial charge in [-0.25, -0.2) is 8.42 Å². The molecule has 7 heteroatoms. The molecule has 184 valence electrons. The average molecular weight is 494 g/mol. The number of methoxy groups -OCH3 is 2. The Labute approximate surface area is 207 Å². The summed E-state index contributed by atoms with van der Waals surface area (Å²) in [4.78, 5) is 15.0. The zero-order valence-electron chi connectivity index (χ0n) is 20.1. The van der Waals surface area contributed by atoms with Gasteiger partial charge in [0.25, 0.3) is 0 Å². The molecule has 1 heterocycles. The maximum Gasteiger partial charge on any atom is 0.181 e. The van der Waals surface area contributed by atoms with E-state index in [1.165, 1.54) is 0 Å². The highest BCUT2D eigenvalue weighted by Gasteiger charge is 2.32. The van der Waals surface area contributed by atoms with Crippen molar-refractivity contribution in [2.24, 2.45) is 0 Å². The summed E-state index contributed by atoms with van der Waals surface area (Å²) >= 11 is 0. The molecule has 3 aromatic carbocycles. The molecular formula is C28H31NO5S. The number of nitrogens with zero attached hydrogens (tertiary/aromatic N) is 1. The van der Waals surface area contributed by atoms with Gasteiger partial charge in [-0.15, -0.1) is 0 Å². The van der Waals surface area contributed by atoms with Crippen LogP contribution in [0.2, 0.25) is 0 Å². The number of ether oxygens (including phenoxy) is 2. The molecule has 1 aliphatic rings. The smallest absolute Gasteiger partial charge is 0.181 e. The molecule has 0 unspecified atom stereocenters. The van der Waals surface area contributed by atoms with Crippen LogP contribution in [-0.2, 0) is 21.2 Å². The number of likely N-dealkylation sites (tertiary alicyclic amines) is 1. The Bertz CT molecular complexity index is 1250. The van der Waals surface area contributed by atoms with E-state index in [4.69, 9.17) is 9.47 Å². The lowest BCUT2D eigenvalue weighted by Gasteiger charge is -2.31. The van der Waals surface area contributed by atoms with Crippen LogP contribution in [-0.4, -0.2) is 58.2 Å². The molecule has 0 spiro atoms. The lowest BCUT2D eigenvalue weighted by Crippen LogP contribution is -2.41. The second-order valence-corrected chi connectivity index (χ2v) is 11.1. The van der Waals surface area contributed by atoms with E-state index in [9.17, 15) is 13.2 Å². The molecule has 4 rings (SSSR count). The summed E-state index contributed by atoms with van der Waals surface area (Å²) in [6.07, 6.45) is 1.02. The number of rotatable bonds is 9. The Morgan fingerprint density at radius 2 is 1.54 bits per heavy atom. The van der Waals surface area contributed by atoms with E-state index >= 15 is 0 Å². The van der Waals surface area contributed by atoms with Gasteiger partial charge in [0, 0.05) is 12.7 Å². The minimum absolute atomic E-state index is 0.0102. The minimum atomic E-state index is -3.43. The van der Waals surface area contributed by atoms with Gasteiger partial charge in [-0.3, -0.25) is 9.69 Å². The van der Waals surface area contributed by atoms with Gasteiger partial charge in [0.05, 0.1) is 30.4 Å². The maximum absolute atomic E-state index is 13.3. The van der Waals surface area contributed by atoms with Crippen molar-refractivity contribution >= 4 is 15.6 Å². The molecule has 6 nitrogen and oxygen atoms in total. The van der Waals surface area contributed by atoms with Gasteiger partial charge in [0.1, 0.15) is 5.75 Å². The Morgan fingerprint density at radius 3 is 2.14 bits per heavy atom. The summed E-state index contributed by atoms with van der Waals surface area (Å²) in [5.41, 5.74) is 3.70. The molecule has 1 aliphatic heterocycles. The first kappa shape index (κ1) is 25.1. The predicted molar refractivity (Wildman–Crippen MR) is 137 cm³/mol. The van der Waals surface area contributed by atoms with Crippen LogP contribution in [0.15, 0.2) is 77.7 Å². The average Bonchev–Trinajstić information content (AvgIpc) is 2.90. The maximum atomic E-state index is 13.3. The Hall–Kier alpha value is -3.00. The molecule has 0 saturated carbocycles. The van der Waals surface area contributed by atoms with Gasteiger partial charge in [0.2, 0.25) is 0 Å². The molecule has 0 amide bonds. The van der Waals surface area contributed by atoms with E-state index in [2.05, 4.69) is 0 Å². The van der Waals surface area contributed by atoms with Crippen LogP contribution in [0.25, 0.3) is 11.1 Å². The van der Waals surface area contributed by atoms with Crippen LogP contribution < -0.4 is 4.74 Å². The molecule has 0 N–H and O–H groups in total. The summed E-state index contributed by atoms with van der Waals surface area (Å²) < 4.78 is 36.9. The summed E-state index contributed by atoms with van der Waals surface area (Å²) in [5.74, 6) is 0.658. The fourth-order valence-electron chi connectivity index (χ4n) is 4.46. The summed E-state index contributed by atoms with van der Waals surface area (Å²) in [6.45, 7) is 1.99. The number of Topliss-reactive ketones (excluding diaryl/α,β-unsaturated/α-hetero) is 1. The molecule has 1 fully saturated rings. The first-order valence-corrected chi connectivity index (χ1v) is 13.3. The SMILES string of the molecule is COCc1ccc(-c2ccc(S(=O)(=O)C3CCN(CC(=O)c4cccc(OC)c4)CC3)cc2)cc1. The highest BCUT2D eigenvalue weighted by atomic mass is 32.2. The third-order valence-corrected chi connectivity index (χ3v) is 8.79. The summed E-state index contributed by atoms with van der Waals surface area (Å²) in [5, 5.41) is -0.440. The molecule has 0 bridgehead atoms. The van der Waals surface area contributed by atoms with Crippen molar-refractivity contribution in [3.8, 4) is 16.9 Å². The topological polar surface area (TPSA) is 72.9 Å². The van der Waals surface area contributed by atoms with Crippen LogP contribution in [0.3, 0.4) is 0 Å². The third kappa shape index (κ3) is 5.99. The van der Waals surface area contributed by atoms with Crippen molar-refractivity contribution in [3.05, 3.63) is 83.9 Å². The Morgan fingerprint density at radius 1 is 0.914 bits per heavy atom. The second kappa shape index (κ2) is 11.2. The summed E-state index contributed by atoms with van der Waals surface area (Å²) in [6, 6.07) is 22.3. The second-order valence-electron chi connectivity index (χ2n) is 8.83. The van der Waals surface area contributed by atoms with E-state index in [-0.39, 0.29) is 12.3 Å². The van der Waals surface area contributed by atoms with E-state index in [1.807, 2.05) is 41.3 Å². The zero-order chi connectivity index (χ0) is 24.8. The first-order chi connectivity index (χ1) is 16.9. The molecule has 0 aromatic heterocycles. The van der Waals surface area contributed by atoms with Crippen LogP contribution in [0, 0.1) is 0 Å². The molecule has 3 aromatic rings. The zero-order valence-corrected chi connectivity index (χ0v) is 21.0. The first-order valence-electron chi connectivity index (χ1n) is 11.7. The van der Waals surface area contributed by atoms with Gasteiger partial charge in [-0.2, -0.15) is 0 Å². The van der Waals surface area contributed by atoms with Crippen LogP contribution in [0.5, 0.6) is 5.75 Å². The number of ketones is 1. The van der Waals surface area contributed by atoms with Crippen molar-refractivity contribution in [2.75, 3.05) is 33.9 Å². The van der Waals surface area contributed by atoms with Crippen molar-refractivity contribution in [2.45, 2.75) is 29.6 Å². The summed E-state index contributed by atoms with van der Waals surface area (Å²) in [7, 11) is -0.195. The molecule has 1 saturated heterocycles. The number of sulfone groups is 1. The van der Waals surface area contributed by atoms with E-state index < -0.39 is 15.1 Å². The van der Waals surface area contributed by atoms with E-state index in [1.54, 1.807) is 50.6 Å².